The lowest BCUT2D eigenvalue weighted by Gasteiger charge is -2.48. The van der Waals surface area contributed by atoms with E-state index < -0.39 is 0 Å². The Morgan fingerprint density at radius 3 is 2.68 bits per heavy atom. The fourth-order valence-electron chi connectivity index (χ4n) is 4.47. The van der Waals surface area contributed by atoms with Crippen LogP contribution in [0.2, 0.25) is 0 Å². The number of morpholine rings is 1. The fourth-order valence-corrected chi connectivity index (χ4v) is 4.47. The van der Waals surface area contributed by atoms with Crippen molar-refractivity contribution >= 4 is 5.96 Å². The number of methoxy groups -OCH3 is 1. The SMILES string of the molecule is CN=C(NCCc1cccc(OC)c1)NCC1(N2CCOCC2)CCCCC1. The molecule has 1 aromatic carbocycles. The number of hydrogen-bond acceptors (Lipinski definition) is 4. The minimum atomic E-state index is 0.243. The third kappa shape index (κ3) is 5.61. The van der Waals surface area contributed by atoms with E-state index in [1.807, 2.05) is 19.2 Å². The number of aliphatic imine (C=N–C) groups is 1. The van der Waals surface area contributed by atoms with Crippen molar-refractivity contribution in [1.82, 2.24) is 15.5 Å². The Balaban J connectivity index is 1.51. The maximum atomic E-state index is 5.59. The Kier molecular flexibility index (Phi) is 7.98. The normalized spacial score (nSPS) is 20.6. The van der Waals surface area contributed by atoms with Gasteiger partial charge in [-0.15, -0.1) is 0 Å². The summed E-state index contributed by atoms with van der Waals surface area (Å²) in [6, 6.07) is 8.24. The van der Waals surface area contributed by atoms with Crippen molar-refractivity contribution in [2.24, 2.45) is 4.99 Å². The van der Waals surface area contributed by atoms with Gasteiger partial charge in [0.1, 0.15) is 5.75 Å². The summed E-state index contributed by atoms with van der Waals surface area (Å²) in [4.78, 5) is 7.10. The second kappa shape index (κ2) is 10.7. The second-order valence-electron chi connectivity index (χ2n) is 7.84. The van der Waals surface area contributed by atoms with Crippen LogP contribution in [0.4, 0.5) is 0 Å². The van der Waals surface area contributed by atoms with Crippen molar-refractivity contribution in [3.05, 3.63) is 29.8 Å². The summed E-state index contributed by atoms with van der Waals surface area (Å²) in [6.07, 6.45) is 7.47. The van der Waals surface area contributed by atoms with Gasteiger partial charge in [-0.25, -0.2) is 0 Å². The van der Waals surface area contributed by atoms with Crippen LogP contribution >= 0.6 is 0 Å². The minimum Gasteiger partial charge on any atom is -0.497 e. The molecule has 2 aliphatic rings. The highest BCUT2D eigenvalue weighted by atomic mass is 16.5. The summed E-state index contributed by atoms with van der Waals surface area (Å²) in [5.74, 6) is 1.80. The summed E-state index contributed by atoms with van der Waals surface area (Å²) >= 11 is 0. The van der Waals surface area contributed by atoms with Crippen LogP contribution in [0.15, 0.2) is 29.3 Å². The molecule has 28 heavy (non-hydrogen) atoms. The molecule has 1 aliphatic heterocycles. The molecular weight excluding hydrogens is 352 g/mol. The van der Waals surface area contributed by atoms with E-state index in [1.54, 1.807) is 7.11 Å². The zero-order valence-electron chi connectivity index (χ0n) is 17.5. The van der Waals surface area contributed by atoms with E-state index in [2.05, 4.69) is 32.7 Å². The maximum absolute atomic E-state index is 5.59. The molecule has 0 atom stereocenters. The molecule has 0 unspecified atom stereocenters. The molecule has 1 saturated carbocycles. The lowest BCUT2D eigenvalue weighted by atomic mass is 9.80. The average Bonchev–Trinajstić information content (AvgIpc) is 2.77. The fraction of sp³-hybridized carbons (Fsp3) is 0.682. The van der Waals surface area contributed by atoms with Gasteiger partial charge < -0.3 is 20.1 Å². The van der Waals surface area contributed by atoms with Gasteiger partial charge in [-0.05, 0) is 37.0 Å². The molecule has 6 nitrogen and oxygen atoms in total. The summed E-state index contributed by atoms with van der Waals surface area (Å²) < 4.78 is 10.9. The second-order valence-corrected chi connectivity index (χ2v) is 7.84. The quantitative estimate of drug-likeness (QED) is 0.555. The lowest BCUT2D eigenvalue weighted by Crippen LogP contribution is -2.60. The average molecular weight is 389 g/mol. The molecule has 1 aromatic rings. The predicted molar refractivity (Wildman–Crippen MR) is 114 cm³/mol. The third-order valence-corrected chi connectivity index (χ3v) is 6.11. The Morgan fingerprint density at radius 2 is 1.96 bits per heavy atom. The molecule has 0 bridgehead atoms. The zero-order valence-corrected chi connectivity index (χ0v) is 17.5. The molecule has 1 saturated heterocycles. The molecule has 2 fully saturated rings. The van der Waals surface area contributed by atoms with Gasteiger partial charge in [-0.3, -0.25) is 9.89 Å². The van der Waals surface area contributed by atoms with Crippen molar-refractivity contribution in [1.29, 1.82) is 0 Å². The number of nitrogens with one attached hydrogen (secondary N) is 2. The molecule has 0 spiro atoms. The maximum Gasteiger partial charge on any atom is 0.191 e. The Bertz CT molecular complexity index is 623. The summed E-state index contributed by atoms with van der Waals surface area (Å²) in [5.41, 5.74) is 1.51. The summed E-state index contributed by atoms with van der Waals surface area (Å²) in [5, 5.41) is 7.09. The Labute approximate surface area is 169 Å². The lowest BCUT2D eigenvalue weighted by molar-refractivity contribution is -0.0352. The summed E-state index contributed by atoms with van der Waals surface area (Å²) in [7, 11) is 3.56. The van der Waals surface area contributed by atoms with Crippen LogP contribution in [0.1, 0.15) is 37.7 Å². The smallest absolute Gasteiger partial charge is 0.191 e. The molecule has 0 radical (unpaired) electrons. The van der Waals surface area contributed by atoms with E-state index in [4.69, 9.17) is 9.47 Å². The first-order valence-electron chi connectivity index (χ1n) is 10.7. The number of ether oxygens (including phenoxy) is 2. The molecule has 156 valence electrons. The highest BCUT2D eigenvalue weighted by Crippen LogP contribution is 2.33. The number of benzene rings is 1. The molecule has 1 heterocycles. The van der Waals surface area contributed by atoms with Crippen molar-refractivity contribution < 1.29 is 9.47 Å². The van der Waals surface area contributed by atoms with Gasteiger partial charge in [0.05, 0.1) is 20.3 Å². The van der Waals surface area contributed by atoms with E-state index in [-0.39, 0.29) is 5.54 Å². The van der Waals surface area contributed by atoms with Gasteiger partial charge in [0.2, 0.25) is 0 Å². The third-order valence-electron chi connectivity index (χ3n) is 6.11. The van der Waals surface area contributed by atoms with Crippen molar-refractivity contribution in [2.75, 3.05) is 53.6 Å². The van der Waals surface area contributed by atoms with Crippen molar-refractivity contribution in [3.8, 4) is 5.75 Å². The van der Waals surface area contributed by atoms with Crippen LogP contribution in [-0.2, 0) is 11.2 Å². The standard InChI is InChI=1S/C22H36N4O2/c1-23-21(24-12-9-19-7-6-8-20(17-19)27-2)25-18-22(10-4-3-5-11-22)26-13-15-28-16-14-26/h6-8,17H,3-5,9-16,18H2,1-2H3,(H2,23,24,25). The highest BCUT2D eigenvalue weighted by Gasteiger charge is 2.38. The van der Waals surface area contributed by atoms with E-state index >= 15 is 0 Å². The Morgan fingerprint density at radius 1 is 1.18 bits per heavy atom. The van der Waals surface area contributed by atoms with E-state index in [9.17, 15) is 0 Å². The van der Waals surface area contributed by atoms with Crippen LogP contribution < -0.4 is 15.4 Å². The monoisotopic (exact) mass is 388 g/mol. The van der Waals surface area contributed by atoms with Crippen LogP contribution in [0.3, 0.4) is 0 Å². The zero-order chi connectivity index (χ0) is 19.7. The largest absolute Gasteiger partial charge is 0.497 e. The minimum absolute atomic E-state index is 0.243. The molecule has 3 rings (SSSR count). The number of rotatable bonds is 7. The molecule has 0 amide bonds. The Hall–Kier alpha value is -1.79. The molecule has 0 aromatic heterocycles. The van der Waals surface area contributed by atoms with E-state index in [1.165, 1.54) is 37.7 Å². The van der Waals surface area contributed by atoms with Gasteiger partial charge in [0.25, 0.3) is 0 Å². The molecule has 6 heteroatoms. The number of guanidine groups is 1. The van der Waals surface area contributed by atoms with Gasteiger partial charge in [-0.1, -0.05) is 31.4 Å². The number of hydrogen-bond donors (Lipinski definition) is 2. The molecular formula is C22H36N4O2. The predicted octanol–water partition coefficient (Wildman–Crippen LogP) is 2.44. The van der Waals surface area contributed by atoms with Crippen molar-refractivity contribution in [3.63, 3.8) is 0 Å². The summed E-state index contributed by atoms with van der Waals surface area (Å²) in [6.45, 7) is 5.60. The first-order valence-corrected chi connectivity index (χ1v) is 10.7. The molecule has 1 aliphatic carbocycles. The first kappa shape index (κ1) is 20.9. The van der Waals surface area contributed by atoms with Crippen LogP contribution in [0, 0.1) is 0 Å². The van der Waals surface area contributed by atoms with E-state index in [0.717, 1.165) is 57.5 Å². The molecule has 2 N–H and O–H groups in total. The van der Waals surface area contributed by atoms with Crippen LogP contribution in [-0.4, -0.2) is 69.9 Å². The van der Waals surface area contributed by atoms with Gasteiger partial charge in [0.15, 0.2) is 5.96 Å². The van der Waals surface area contributed by atoms with Gasteiger partial charge >= 0.3 is 0 Å². The van der Waals surface area contributed by atoms with Crippen LogP contribution in [0.5, 0.6) is 5.75 Å². The van der Waals surface area contributed by atoms with E-state index in [0.29, 0.717) is 0 Å². The highest BCUT2D eigenvalue weighted by molar-refractivity contribution is 5.79. The number of nitrogens with zero attached hydrogens (tertiary/aromatic N) is 2. The topological polar surface area (TPSA) is 58.1 Å². The van der Waals surface area contributed by atoms with Gasteiger partial charge in [0, 0.05) is 38.8 Å². The van der Waals surface area contributed by atoms with Gasteiger partial charge in [-0.2, -0.15) is 0 Å². The first-order chi connectivity index (χ1) is 13.8. The van der Waals surface area contributed by atoms with Crippen LogP contribution in [0.25, 0.3) is 0 Å². The van der Waals surface area contributed by atoms with Crippen molar-refractivity contribution in [2.45, 2.75) is 44.1 Å².